The van der Waals surface area contributed by atoms with Crippen LogP contribution >= 0.6 is 0 Å². The number of hydrogen-bond donors (Lipinski definition) is 1. The van der Waals surface area contributed by atoms with Crippen molar-refractivity contribution in [3.63, 3.8) is 0 Å². The smallest absolute Gasteiger partial charge is 0.243 e. The van der Waals surface area contributed by atoms with Gasteiger partial charge in [-0.25, -0.2) is 13.4 Å². The van der Waals surface area contributed by atoms with Gasteiger partial charge in [-0.3, -0.25) is 4.79 Å². The molecule has 1 N–H and O–H groups in total. The highest BCUT2D eigenvalue weighted by atomic mass is 32.2. The van der Waals surface area contributed by atoms with Crippen LogP contribution in [0.15, 0.2) is 53.6 Å². The molecule has 1 atom stereocenters. The van der Waals surface area contributed by atoms with Crippen LogP contribution < -0.4 is 5.32 Å². The molecule has 25 heavy (non-hydrogen) atoms. The van der Waals surface area contributed by atoms with E-state index < -0.39 is 10.0 Å². The normalized spacial score (nSPS) is 18.7. The predicted molar refractivity (Wildman–Crippen MR) is 95.5 cm³/mol. The van der Waals surface area contributed by atoms with Crippen LogP contribution in [0.2, 0.25) is 0 Å². The van der Waals surface area contributed by atoms with E-state index in [1.165, 1.54) is 4.31 Å². The Balaban J connectivity index is 1.73. The molecule has 7 heteroatoms. The molecule has 1 amide bonds. The average molecular weight is 359 g/mol. The van der Waals surface area contributed by atoms with Gasteiger partial charge >= 0.3 is 0 Å². The van der Waals surface area contributed by atoms with Gasteiger partial charge in [-0.1, -0.05) is 24.3 Å². The molecule has 0 radical (unpaired) electrons. The molecule has 6 nitrogen and oxygen atoms in total. The van der Waals surface area contributed by atoms with Gasteiger partial charge in [0.2, 0.25) is 15.9 Å². The van der Waals surface area contributed by atoms with Crippen molar-refractivity contribution in [1.82, 2.24) is 9.29 Å². The molecule has 3 rings (SSSR count). The number of anilines is 1. The first-order valence-electron chi connectivity index (χ1n) is 8.26. The van der Waals surface area contributed by atoms with Gasteiger partial charge in [-0.2, -0.15) is 4.31 Å². The number of nitrogens with one attached hydrogen (secondary N) is 1. The molecule has 2 aromatic rings. The van der Waals surface area contributed by atoms with Gasteiger partial charge in [-0.05, 0) is 43.5 Å². The van der Waals surface area contributed by atoms with E-state index in [9.17, 15) is 13.2 Å². The maximum atomic E-state index is 12.7. The van der Waals surface area contributed by atoms with Crippen LogP contribution in [0.3, 0.4) is 0 Å². The van der Waals surface area contributed by atoms with Gasteiger partial charge in [0.15, 0.2) is 0 Å². The number of aromatic nitrogens is 1. The van der Waals surface area contributed by atoms with Crippen LogP contribution in [0.25, 0.3) is 0 Å². The lowest BCUT2D eigenvalue weighted by Gasteiger charge is -2.31. The second-order valence-corrected chi connectivity index (χ2v) is 8.11. The lowest BCUT2D eigenvalue weighted by molar-refractivity contribution is -0.120. The van der Waals surface area contributed by atoms with Gasteiger partial charge in [-0.15, -0.1) is 0 Å². The molecular formula is C18H21N3O3S. The lowest BCUT2D eigenvalue weighted by atomic mass is 9.99. The molecule has 0 bridgehead atoms. The van der Waals surface area contributed by atoms with E-state index in [4.69, 9.17) is 0 Å². The summed E-state index contributed by atoms with van der Waals surface area (Å²) in [7, 11) is -3.57. The van der Waals surface area contributed by atoms with Gasteiger partial charge in [0.05, 0.1) is 10.8 Å². The van der Waals surface area contributed by atoms with Gasteiger partial charge < -0.3 is 5.32 Å². The minimum atomic E-state index is -3.57. The summed E-state index contributed by atoms with van der Waals surface area (Å²) in [6.45, 7) is 2.49. The molecule has 0 spiro atoms. The van der Waals surface area contributed by atoms with Crippen LogP contribution in [0.1, 0.15) is 18.4 Å². The van der Waals surface area contributed by atoms with Crippen LogP contribution in [-0.2, 0) is 14.8 Å². The second-order valence-electron chi connectivity index (χ2n) is 6.17. The minimum Gasteiger partial charge on any atom is -0.310 e. The first kappa shape index (κ1) is 17.6. The SMILES string of the molecule is Cc1cccnc1NC(=O)C1CCCN(S(=O)(=O)c2ccccc2)C1. The first-order valence-corrected chi connectivity index (χ1v) is 9.70. The summed E-state index contributed by atoms with van der Waals surface area (Å²) in [6, 6.07) is 12.0. The lowest BCUT2D eigenvalue weighted by Crippen LogP contribution is -2.43. The van der Waals surface area contributed by atoms with E-state index in [1.807, 2.05) is 13.0 Å². The fraction of sp³-hybridized carbons (Fsp3) is 0.333. The van der Waals surface area contributed by atoms with Crippen molar-refractivity contribution in [1.29, 1.82) is 0 Å². The van der Waals surface area contributed by atoms with Crippen molar-refractivity contribution in [3.05, 3.63) is 54.2 Å². The number of sulfonamides is 1. The Kier molecular flexibility index (Phi) is 5.15. The third-order valence-corrected chi connectivity index (χ3v) is 6.27. The number of benzene rings is 1. The van der Waals surface area contributed by atoms with E-state index in [1.54, 1.807) is 42.6 Å². The van der Waals surface area contributed by atoms with E-state index in [-0.39, 0.29) is 23.3 Å². The molecule has 132 valence electrons. The van der Waals surface area contributed by atoms with Crippen molar-refractivity contribution < 1.29 is 13.2 Å². The fourth-order valence-electron chi connectivity index (χ4n) is 2.95. The first-order chi connectivity index (χ1) is 12.0. The molecule has 0 saturated carbocycles. The molecular weight excluding hydrogens is 338 g/mol. The van der Waals surface area contributed by atoms with Crippen molar-refractivity contribution in [2.45, 2.75) is 24.7 Å². The van der Waals surface area contributed by atoms with Crippen LogP contribution in [-0.4, -0.2) is 36.7 Å². The zero-order chi connectivity index (χ0) is 17.9. The Morgan fingerprint density at radius 2 is 1.96 bits per heavy atom. The Labute approximate surface area is 147 Å². The Hall–Kier alpha value is -2.25. The van der Waals surface area contributed by atoms with Crippen molar-refractivity contribution >= 4 is 21.7 Å². The Bertz CT molecular complexity index is 853. The number of nitrogens with zero attached hydrogens (tertiary/aromatic N) is 2. The number of pyridine rings is 1. The van der Waals surface area contributed by atoms with Gasteiger partial charge in [0.1, 0.15) is 5.82 Å². The van der Waals surface area contributed by atoms with Gasteiger partial charge in [0, 0.05) is 19.3 Å². The van der Waals surface area contributed by atoms with E-state index in [0.717, 1.165) is 5.56 Å². The zero-order valence-electron chi connectivity index (χ0n) is 14.1. The Morgan fingerprint density at radius 3 is 2.68 bits per heavy atom. The summed E-state index contributed by atoms with van der Waals surface area (Å²) in [5.74, 6) is -0.0426. The number of rotatable bonds is 4. The number of carbonyl (C=O) groups excluding carboxylic acids is 1. The van der Waals surface area contributed by atoms with E-state index in [0.29, 0.717) is 25.2 Å². The summed E-state index contributed by atoms with van der Waals surface area (Å²) in [6.07, 6.45) is 2.94. The second kappa shape index (κ2) is 7.33. The standard InChI is InChI=1S/C18H21N3O3S/c1-14-7-5-11-19-17(14)20-18(22)15-8-6-12-21(13-15)25(23,24)16-9-3-2-4-10-16/h2-5,7,9-11,15H,6,8,12-13H2,1H3,(H,19,20,22). The molecule has 1 unspecified atom stereocenters. The maximum Gasteiger partial charge on any atom is 0.243 e. The van der Waals surface area contributed by atoms with Gasteiger partial charge in [0.25, 0.3) is 0 Å². The number of piperidine rings is 1. The summed E-state index contributed by atoms with van der Waals surface area (Å²) >= 11 is 0. The minimum absolute atomic E-state index is 0.185. The van der Waals surface area contributed by atoms with Crippen molar-refractivity contribution in [2.75, 3.05) is 18.4 Å². The summed E-state index contributed by atoms with van der Waals surface area (Å²) in [4.78, 5) is 17.0. The topological polar surface area (TPSA) is 79.4 Å². The molecule has 1 aromatic carbocycles. The van der Waals surface area contributed by atoms with Crippen LogP contribution in [0, 0.1) is 12.8 Å². The monoisotopic (exact) mass is 359 g/mol. The number of hydrogen-bond acceptors (Lipinski definition) is 4. The number of aryl methyl sites for hydroxylation is 1. The average Bonchev–Trinajstić information content (AvgIpc) is 2.64. The highest BCUT2D eigenvalue weighted by Gasteiger charge is 2.33. The molecule has 1 aliphatic rings. The maximum absolute atomic E-state index is 12.7. The third-order valence-electron chi connectivity index (χ3n) is 4.39. The fourth-order valence-corrected chi connectivity index (χ4v) is 4.50. The summed E-state index contributed by atoms with van der Waals surface area (Å²) < 4.78 is 26.9. The van der Waals surface area contributed by atoms with E-state index in [2.05, 4.69) is 10.3 Å². The summed E-state index contributed by atoms with van der Waals surface area (Å²) in [5.41, 5.74) is 0.875. The zero-order valence-corrected chi connectivity index (χ0v) is 14.9. The molecule has 2 heterocycles. The highest BCUT2D eigenvalue weighted by Crippen LogP contribution is 2.24. The summed E-state index contributed by atoms with van der Waals surface area (Å²) in [5, 5.41) is 2.82. The predicted octanol–water partition coefficient (Wildman–Crippen LogP) is 2.43. The number of carbonyl (C=O) groups is 1. The van der Waals surface area contributed by atoms with Crippen molar-refractivity contribution in [3.8, 4) is 0 Å². The third kappa shape index (κ3) is 3.88. The highest BCUT2D eigenvalue weighted by molar-refractivity contribution is 7.89. The molecule has 0 aliphatic carbocycles. The molecule has 1 aromatic heterocycles. The quantitative estimate of drug-likeness (QED) is 0.909. The van der Waals surface area contributed by atoms with Crippen LogP contribution in [0.4, 0.5) is 5.82 Å². The van der Waals surface area contributed by atoms with Crippen LogP contribution in [0.5, 0.6) is 0 Å². The molecule has 1 saturated heterocycles. The molecule has 1 fully saturated rings. The molecule has 1 aliphatic heterocycles. The number of amides is 1. The Morgan fingerprint density at radius 1 is 1.20 bits per heavy atom. The largest absolute Gasteiger partial charge is 0.310 e. The van der Waals surface area contributed by atoms with Crippen molar-refractivity contribution in [2.24, 2.45) is 5.92 Å². The van der Waals surface area contributed by atoms with E-state index >= 15 is 0 Å².